The summed E-state index contributed by atoms with van der Waals surface area (Å²) in [6, 6.07) is 17.4. The number of carbonyl (C=O) groups excluding carboxylic acids is 1. The molecule has 9 heteroatoms. The zero-order chi connectivity index (χ0) is 34.8. The SMILES string of the molecule is COc1ccc([Si](C)(C)[C@@H]2[C@@H](CCO)O[C@]3(C(=O)N(C/C=C(\C)CCC=C(C)C)c4ccc(-n5cccc(OC)c5=O)cc43)[C@H]2C)cc1. The molecule has 48 heavy (non-hydrogen) atoms. The van der Waals surface area contributed by atoms with Crippen LogP contribution in [0.15, 0.2) is 88.9 Å². The molecule has 1 aromatic heterocycles. The predicted molar refractivity (Wildman–Crippen MR) is 195 cm³/mol. The van der Waals surface area contributed by atoms with Crippen molar-refractivity contribution in [3.05, 3.63) is 100 Å². The summed E-state index contributed by atoms with van der Waals surface area (Å²) in [6.07, 6.45) is 8.03. The molecular weight excluding hydrogens is 621 g/mol. The largest absolute Gasteiger partial charge is 0.497 e. The third kappa shape index (κ3) is 6.31. The minimum atomic E-state index is -2.32. The third-order valence-electron chi connectivity index (χ3n) is 10.4. The molecular formula is C39H50N2O6Si. The van der Waals surface area contributed by atoms with Gasteiger partial charge in [0.2, 0.25) is 0 Å². The van der Waals surface area contributed by atoms with E-state index < -0.39 is 13.7 Å². The van der Waals surface area contributed by atoms with Crippen LogP contribution in [0.3, 0.4) is 0 Å². The normalized spacial score (nSPS) is 22.3. The van der Waals surface area contributed by atoms with E-state index in [1.54, 1.807) is 30.0 Å². The van der Waals surface area contributed by atoms with Gasteiger partial charge < -0.3 is 24.2 Å². The first-order chi connectivity index (χ1) is 22.9. The fourth-order valence-electron chi connectivity index (χ4n) is 7.80. The lowest BCUT2D eigenvalue weighted by Crippen LogP contribution is -2.52. The lowest BCUT2D eigenvalue weighted by atomic mass is 9.82. The Hall–Kier alpha value is -3.92. The van der Waals surface area contributed by atoms with E-state index in [0.717, 1.165) is 29.8 Å². The highest BCUT2D eigenvalue weighted by Gasteiger charge is 2.66. The molecule has 1 fully saturated rings. The van der Waals surface area contributed by atoms with Gasteiger partial charge in [0, 0.05) is 36.5 Å². The summed E-state index contributed by atoms with van der Waals surface area (Å²) in [4.78, 5) is 30.1. The number of allylic oxidation sites excluding steroid dienone is 3. The first-order valence-electron chi connectivity index (χ1n) is 16.8. The van der Waals surface area contributed by atoms with Gasteiger partial charge in [-0.3, -0.25) is 14.2 Å². The molecule has 5 rings (SSSR count). The summed E-state index contributed by atoms with van der Waals surface area (Å²) >= 11 is 0. The van der Waals surface area contributed by atoms with Gasteiger partial charge in [-0.15, -0.1) is 0 Å². The van der Waals surface area contributed by atoms with Crippen molar-refractivity contribution in [3.8, 4) is 17.2 Å². The number of aliphatic hydroxyl groups is 1. The number of methoxy groups -OCH3 is 2. The van der Waals surface area contributed by atoms with Crippen LogP contribution in [0, 0.1) is 5.92 Å². The van der Waals surface area contributed by atoms with Gasteiger partial charge in [0.05, 0.1) is 34.1 Å². The minimum Gasteiger partial charge on any atom is -0.497 e. The summed E-state index contributed by atoms with van der Waals surface area (Å²) in [5, 5.41) is 11.5. The number of anilines is 1. The van der Waals surface area contributed by atoms with Crippen LogP contribution in [0.4, 0.5) is 5.69 Å². The molecule has 8 nitrogen and oxygen atoms in total. The van der Waals surface area contributed by atoms with Crippen LogP contribution >= 0.6 is 0 Å². The highest BCUT2D eigenvalue weighted by Crippen LogP contribution is 2.60. The van der Waals surface area contributed by atoms with Crippen LogP contribution in [0.25, 0.3) is 5.69 Å². The second kappa shape index (κ2) is 14.3. The Morgan fingerprint density at radius 2 is 1.75 bits per heavy atom. The number of hydrogen-bond donors (Lipinski definition) is 1. The molecule has 256 valence electrons. The smallest absolute Gasteiger partial charge is 0.297 e. The van der Waals surface area contributed by atoms with Crippen LogP contribution < -0.4 is 25.1 Å². The molecule has 4 atom stereocenters. The number of ether oxygens (including phenoxy) is 3. The molecule has 0 aliphatic carbocycles. The van der Waals surface area contributed by atoms with Gasteiger partial charge in [0.1, 0.15) is 5.75 Å². The van der Waals surface area contributed by atoms with Crippen LogP contribution in [0.1, 0.15) is 52.5 Å². The van der Waals surface area contributed by atoms with E-state index in [1.807, 2.05) is 35.2 Å². The van der Waals surface area contributed by atoms with Gasteiger partial charge >= 0.3 is 0 Å². The average molecular weight is 671 g/mol. The maximum Gasteiger partial charge on any atom is 0.297 e. The number of aromatic nitrogens is 1. The molecule has 1 saturated heterocycles. The van der Waals surface area contributed by atoms with Crippen molar-refractivity contribution in [1.82, 2.24) is 4.57 Å². The van der Waals surface area contributed by atoms with Gasteiger partial charge in [-0.25, -0.2) is 0 Å². The number of fused-ring (bicyclic) bond motifs is 2. The highest BCUT2D eigenvalue weighted by atomic mass is 28.3. The van der Waals surface area contributed by atoms with Crippen molar-refractivity contribution in [2.24, 2.45) is 5.92 Å². The molecule has 1 spiro atoms. The van der Waals surface area contributed by atoms with Crippen molar-refractivity contribution in [3.63, 3.8) is 0 Å². The molecule has 0 radical (unpaired) electrons. The van der Waals surface area contributed by atoms with E-state index in [1.165, 1.54) is 23.4 Å². The minimum absolute atomic E-state index is 0.0133. The third-order valence-corrected chi connectivity index (χ3v) is 14.7. The fraction of sp³-hybridized carbons (Fsp3) is 0.436. The van der Waals surface area contributed by atoms with E-state index >= 15 is 0 Å². The Morgan fingerprint density at radius 1 is 1.02 bits per heavy atom. The Kier molecular flexibility index (Phi) is 10.5. The average Bonchev–Trinajstić information content (AvgIpc) is 3.49. The number of benzene rings is 2. The molecule has 1 amide bonds. The first-order valence-corrected chi connectivity index (χ1v) is 19.9. The lowest BCUT2D eigenvalue weighted by Gasteiger charge is -2.37. The number of amides is 1. The van der Waals surface area contributed by atoms with Crippen LogP contribution in [-0.4, -0.2) is 57.1 Å². The molecule has 2 aliphatic rings. The van der Waals surface area contributed by atoms with E-state index in [-0.39, 0.29) is 41.4 Å². The molecule has 2 aromatic carbocycles. The molecule has 3 aromatic rings. The number of aliphatic hydroxyl groups excluding tert-OH is 1. The van der Waals surface area contributed by atoms with E-state index in [4.69, 9.17) is 14.2 Å². The van der Waals surface area contributed by atoms with Crippen molar-refractivity contribution in [1.29, 1.82) is 0 Å². The second-order valence-corrected chi connectivity index (χ2v) is 18.6. The van der Waals surface area contributed by atoms with E-state index in [0.29, 0.717) is 18.7 Å². The predicted octanol–water partition coefficient (Wildman–Crippen LogP) is 6.49. The zero-order valence-electron chi connectivity index (χ0n) is 29.6. The van der Waals surface area contributed by atoms with Crippen LogP contribution in [0.2, 0.25) is 18.6 Å². The molecule has 0 unspecified atom stereocenters. The summed E-state index contributed by atoms with van der Waals surface area (Å²) in [7, 11) is 0.818. The van der Waals surface area contributed by atoms with E-state index in [2.05, 4.69) is 65.1 Å². The molecule has 1 N–H and O–H groups in total. The monoisotopic (exact) mass is 670 g/mol. The Labute approximate surface area is 285 Å². The zero-order valence-corrected chi connectivity index (χ0v) is 30.6. The maximum atomic E-state index is 15.0. The standard InChI is InChI=1S/C39H50N2O6Si/c1-26(2)11-9-12-27(3)20-23-41-33-19-14-29(40-22-10-13-35(46-6)37(40)43)25-32(33)39(38(41)44)28(4)36(34(47-39)21-24-42)48(7,8)31-17-15-30(45-5)16-18-31/h10-11,13-20,22,25,28,34,36,42H,9,12,21,23-24H2,1-8H3/b27-20+/t28-,34+,36-,39+/m0/s1. The van der Waals surface area contributed by atoms with Gasteiger partial charge in [-0.05, 0) is 88.0 Å². The van der Waals surface area contributed by atoms with Crippen LogP contribution in [-0.2, 0) is 15.1 Å². The molecule has 2 aliphatic heterocycles. The quantitative estimate of drug-likeness (QED) is 0.175. The van der Waals surface area contributed by atoms with Crippen molar-refractivity contribution >= 4 is 24.9 Å². The Balaban J connectivity index is 1.64. The first kappa shape index (κ1) is 35.4. The summed E-state index contributed by atoms with van der Waals surface area (Å²) in [5.74, 6) is 0.718. The molecule has 3 heterocycles. The van der Waals surface area contributed by atoms with Crippen LogP contribution in [0.5, 0.6) is 11.5 Å². The molecule has 0 saturated carbocycles. The maximum absolute atomic E-state index is 15.0. The van der Waals surface area contributed by atoms with Gasteiger partial charge in [-0.2, -0.15) is 0 Å². The van der Waals surface area contributed by atoms with Gasteiger partial charge in [0.25, 0.3) is 11.5 Å². The topological polar surface area (TPSA) is 90.2 Å². The van der Waals surface area contributed by atoms with Gasteiger partial charge in [0.15, 0.2) is 11.4 Å². The number of pyridine rings is 1. The van der Waals surface area contributed by atoms with E-state index in [9.17, 15) is 14.7 Å². The lowest BCUT2D eigenvalue weighted by molar-refractivity contribution is -0.146. The number of hydrogen-bond acceptors (Lipinski definition) is 6. The highest BCUT2D eigenvalue weighted by molar-refractivity contribution is 6.91. The molecule has 0 bridgehead atoms. The summed E-state index contributed by atoms with van der Waals surface area (Å²) < 4.78 is 19.4. The summed E-state index contributed by atoms with van der Waals surface area (Å²) in [6.45, 7) is 13.5. The number of nitrogens with zero attached hydrogens (tertiary/aromatic N) is 2. The fourth-order valence-corrected chi connectivity index (χ4v) is 11.9. The number of rotatable bonds is 12. The van der Waals surface area contributed by atoms with Crippen molar-refractivity contribution in [2.45, 2.75) is 77.3 Å². The van der Waals surface area contributed by atoms with Crippen molar-refractivity contribution < 1.29 is 24.1 Å². The van der Waals surface area contributed by atoms with Gasteiger partial charge in [-0.1, -0.05) is 60.6 Å². The Bertz CT molecular complexity index is 1760. The Morgan fingerprint density at radius 3 is 2.40 bits per heavy atom. The second-order valence-electron chi connectivity index (χ2n) is 13.9. The number of carbonyl (C=O) groups is 1. The summed E-state index contributed by atoms with van der Waals surface area (Å²) in [5.41, 5.74) is 3.13. The van der Waals surface area contributed by atoms with Crippen molar-refractivity contribution in [2.75, 3.05) is 32.3 Å².